The summed E-state index contributed by atoms with van der Waals surface area (Å²) >= 11 is 0. The SMILES string of the molecule is CC(C)(C)OC(=O)NC1CCC(N(Cc2ccccc2)Cc2ccccc2)CC1. The van der Waals surface area contributed by atoms with Crippen molar-refractivity contribution in [3.63, 3.8) is 0 Å². The second kappa shape index (κ2) is 9.93. The summed E-state index contributed by atoms with van der Waals surface area (Å²) < 4.78 is 5.41. The molecule has 1 aliphatic carbocycles. The van der Waals surface area contributed by atoms with Crippen LogP contribution in [0.1, 0.15) is 57.6 Å². The molecule has 0 radical (unpaired) electrons. The number of nitrogens with one attached hydrogen (secondary N) is 1. The highest BCUT2D eigenvalue weighted by Gasteiger charge is 2.28. The fourth-order valence-corrected chi connectivity index (χ4v) is 4.01. The maximum atomic E-state index is 12.1. The normalized spacial score (nSPS) is 19.7. The molecule has 4 heteroatoms. The zero-order valence-corrected chi connectivity index (χ0v) is 17.9. The molecule has 4 nitrogen and oxygen atoms in total. The highest BCUT2D eigenvalue weighted by molar-refractivity contribution is 5.68. The number of benzene rings is 2. The summed E-state index contributed by atoms with van der Waals surface area (Å²) in [7, 11) is 0. The number of hydrogen-bond donors (Lipinski definition) is 1. The molecule has 1 amide bonds. The number of rotatable bonds is 6. The maximum Gasteiger partial charge on any atom is 0.407 e. The molecule has 156 valence electrons. The number of ether oxygens (including phenoxy) is 1. The van der Waals surface area contributed by atoms with Crippen LogP contribution in [0.5, 0.6) is 0 Å². The molecule has 0 aromatic heterocycles. The quantitative estimate of drug-likeness (QED) is 0.701. The van der Waals surface area contributed by atoms with Gasteiger partial charge >= 0.3 is 6.09 Å². The number of hydrogen-bond acceptors (Lipinski definition) is 3. The van der Waals surface area contributed by atoms with Crippen LogP contribution >= 0.6 is 0 Å². The molecule has 0 unspecified atom stereocenters. The Kier molecular flexibility index (Phi) is 7.32. The Bertz CT molecular complexity index is 706. The van der Waals surface area contributed by atoms with Crippen LogP contribution in [0.2, 0.25) is 0 Å². The summed E-state index contributed by atoms with van der Waals surface area (Å²) in [6.07, 6.45) is 3.85. The largest absolute Gasteiger partial charge is 0.444 e. The Hall–Kier alpha value is -2.33. The van der Waals surface area contributed by atoms with E-state index in [2.05, 4.69) is 70.9 Å². The Morgan fingerprint density at radius 3 is 1.83 bits per heavy atom. The minimum atomic E-state index is -0.455. The van der Waals surface area contributed by atoms with Crippen molar-refractivity contribution in [2.75, 3.05) is 0 Å². The molecule has 0 heterocycles. The van der Waals surface area contributed by atoms with Gasteiger partial charge in [0.15, 0.2) is 0 Å². The average molecular weight is 395 g/mol. The van der Waals surface area contributed by atoms with Gasteiger partial charge in [-0.1, -0.05) is 60.7 Å². The van der Waals surface area contributed by atoms with Crippen LogP contribution < -0.4 is 5.32 Å². The lowest BCUT2D eigenvalue weighted by Gasteiger charge is -2.37. The van der Waals surface area contributed by atoms with Crippen molar-refractivity contribution >= 4 is 6.09 Å². The fraction of sp³-hybridized carbons (Fsp3) is 0.480. The van der Waals surface area contributed by atoms with E-state index in [0.29, 0.717) is 6.04 Å². The van der Waals surface area contributed by atoms with Gasteiger partial charge in [-0.15, -0.1) is 0 Å². The molecule has 2 aromatic carbocycles. The molecule has 2 aromatic rings. The van der Waals surface area contributed by atoms with Crippen molar-refractivity contribution in [3.8, 4) is 0 Å². The molecule has 29 heavy (non-hydrogen) atoms. The highest BCUT2D eigenvalue weighted by atomic mass is 16.6. The summed E-state index contributed by atoms with van der Waals surface area (Å²) in [5.74, 6) is 0. The summed E-state index contributed by atoms with van der Waals surface area (Å²) in [6.45, 7) is 7.59. The lowest BCUT2D eigenvalue weighted by atomic mass is 9.89. The molecule has 0 saturated heterocycles. The average Bonchev–Trinajstić information content (AvgIpc) is 2.68. The number of amides is 1. The van der Waals surface area contributed by atoms with E-state index in [9.17, 15) is 4.79 Å². The molecule has 1 fully saturated rings. The topological polar surface area (TPSA) is 41.6 Å². The number of alkyl carbamates (subject to hydrolysis) is 1. The smallest absolute Gasteiger partial charge is 0.407 e. The third kappa shape index (κ3) is 7.21. The van der Waals surface area contributed by atoms with Crippen LogP contribution in [-0.2, 0) is 17.8 Å². The molecule has 0 atom stereocenters. The maximum absolute atomic E-state index is 12.1. The molecular formula is C25H34N2O2. The molecule has 3 rings (SSSR count). The molecule has 0 aliphatic heterocycles. The molecule has 1 N–H and O–H groups in total. The second-order valence-corrected chi connectivity index (χ2v) is 9.03. The zero-order valence-electron chi connectivity index (χ0n) is 17.9. The summed E-state index contributed by atoms with van der Waals surface area (Å²) in [6, 6.07) is 22.1. The first-order valence-corrected chi connectivity index (χ1v) is 10.7. The van der Waals surface area contributed by atoms with Gasteiger partial charge in [-0.05, 0) is 57.6 Å². The molecular weight excluding hydrogens is 360 g/mol. The van der Waals surface area contributed by atoms with Crippen LogP contribution in [0.25, 0.3) is 0 Å². The van der Waals surface area contributed by atoms with E-state index < -0.39 is 5.60 Å². The first-order valence-electron chi connectivity index (χ1n) is 10.7. The van der Waals surface area contributed by atoms with E-state index in [0.717, 1.165) is 38.8 Å². The van der Waals surface area contributed by atoms with E-state index >= 15 is 0 Å². The van der Waals surface area contributed by atoms with Gasteiger partial charge in [-0.2, -0.15) is 0 Å². The van der Waals surface area contributed by atoms with Crippen LogP contribution in [0.15, 0.2) is 60.7 Å². The summed E-state index contributed by atoms with van der Waals surface area (Å²) in [5.41, 5.74) is 2.23. The molecule has 0 bridgehead atoms. The van der Waals surface area contributed by atoms with Crippen molar-refractivity contribution in [3.05, 3.63) is 71.8 Å². The van der Waals surface area contributed by atoms with Crippen molar-refractivity contribution in [2.24, 2.45) is 0 Å². The zero-order chi connectivity index (χ0) is 20.7. The minimum Gasteiger partial charge on any atom is -0.444 e. The van der Waals surface area contributed by atoms with E-state index in [-0.39, 0.29) is 12.1 Å². The van der Waals surface area contributed by atoms with Gasteiger partial charge in [0.25, 0.3) is 0 Å². The molecule has 1 aliphatic rings. The lowest BCUT2D eigenvalue weighted by molar-refractivity contribution is 0.0473. The van der Waals surface area contributed by atoms with Gasteiger partial charge in [0, 0.05) is 25.2 Å². The highest BCUT2D eigenvalue weighted by Crippen LogP contribution is 2.26. The van der Waals surface area contributed by atoms with Crippen molar-refractivity contribution in [1.82, 2.24) is 10.2 Å². The van der Waals surface area contributed by atoms with Gasteiger partial charge in [0.2, 0.25) is 0 Å². The van der Waals surface area contributed by atoms with E-state index in [1.807, 2.05) is 20.8 Å². The van der Waals surface area contributed by atoms with E-state index in [1.54, 1.807) is 0 Å². The van der Waals surface area contributed by atoms with Crippen molar-refractivity contribution in [2.45, 2.75) is 77.2 Å². The Balaban J connectivity index is 1.59. The predicted molar refractivity (Wildman–Crippen MR) is 118 cm³/mol. The third-order valence-electron chi connectivity index (χ3n) is 5.39. The first kappa shape index (κ1) is 21.4. The van der Waals surface area contributed by atoms with Gasteiger partial charge in [-0.3, -0.25) is 4.90 Å². The second-order valence-electron chi connectivity index (χ2n) is 9.03. The molecule has 1 saturated carbocycles. The van der Waals surface area contributed by atoms with E-state index in [4.69, 9.17) is 4.74 Å². The van der Waals surface area contributed by atoms with Crippen LogP contribution in [0.4, 0.5) is 4.79 Å². The standard InChI is InChI=1S/C25H34N2O2/c1-25(2,3)29-24(28)26-22-14-16-23(17-15-22)27(18-20-10-6-4-7-11-20)19-21-12-8-5-9-13-21/h4-13,22-23H,14-19H2,1-3H3,(H,26,28). The predicted octanol–water partition coefficient (Wildman–Crippen LogP) is 5.52. The van der Waals surface area contributed by atoms with Gasteiger partial charge < -0.3 is 10.1 Å². The third-order valence-corrected chi connectivity index (χ3v) is 5.39. The Morgan fingerprint density at radius 1 is 0.897 bits per heavy atom. The summed E-state index contributed by atoms with van der Waals surface area (Å²) in [4.78, 5) is 14.7. The van der Waals surface area contributed by atoms with Crippen LogP contribution in [0, 0.1) is 0 Å². The van der Waals surface area contributed by atoms with E-state index in [1.165, 1.54) is 11.1 Å². The number of carbonyl (C=O) groups is 1. The molecule has 0 spiro atoms. The van der Waals surface area contributed by atoms with Crippen molar-refractivity contribution in [1.29, 1.82) is 0 Å². The summed E-state index contributed by atoms with van der Waals surface area (Å²) in [5, 5.41) is 3.05. The van der Waals surface area contributed by atoms with Crippen molar-refractivity contribution < 1.29 is 9.53 Å². The number of carbonyl (C=O) groups excluding carboxylic acids is 1. The van der Waals surface area contributed by atoms with Gasteiger partial charge in [0.05, 0.1) is 0 Å². The fourth-order valence-electron chi connectivity index (χ4n) is 4.01. The Labute approximate surface area is 175 Å². The lowest BCUT2D eigenvalue weighted by Crippen LogP contribution is -2.44. The van der Waals surface area contributed by atoms with Crippen LogP contribution in [-0.4, -0.2) is 28.7 Å². The van der Waals surface area contributed by atoms with Gasteiger partial charge in [0.1, 0.15) is 5.60 Å². The minimum absolute atomic E-state index is 0.205. The monoisotopic (exact) mass is 394 g/mol. The van der Waals surface area contributed by atoms with Gasteiger partial charge in [-0.25, -0.2) is 4.79 Å². The van der Waals surface area contributed by atoms with Crippen LogP contribution in [0.3, 0.4) is 0 Å². The number of nitrogens with zero attached hydrogens (tertiary/aromatic N) is 1. The Morgan fingerprint density at radius 2 is 1.38 bits per heavy atom. The first-order chi connectivity index (χ1) is 13.9.